The Hall–Kier alpha value is -1.60. The first kappa shape index (κ1) is 16.5. The van der Waals surface area contributed by atoms with Crippen molar-refractivity contribution in [1.29, 1.82) is 0 Å². The number of carbonyl (C=O) groups excluding carboxylic acids is 1. The Balaban J connectivity index is 2.56. The molecule has 0 aromatic heterocycles. The molecule has 0 aliphatic heterocycles. The van der Waals surface area contributed by atoms with Crippen LogP contribution in [0, 0.1) is 0 Å². The maximum absolute atomic E-state index is 11.8. The van der Waals surface area contributed by atoms with Crippen LogP contribution in [0.4, 0.5) is 5.69 Å². The second-order valence-corrected chi connectivity index (χ2v) is 7.43. The summed E-state index contributed by atoms with van der Waals surface area (Å²) in [5.74, 6) is -0.574. The van der Waals surface area contributed by atoms with Gasteiger partial charge in [-0.05, 0) is 38.5 Å². The summed E-state index contributed by atoms with van der Waals surface area (Å²) in [6.45, 7) is 5.20. The van der Waals surface area contributed by atoms with E-state index < -0.39 is 15.6 Å². The highest BCUT2D eigenvalue weighted by Gasteiger charge is 2.17. The van der Waals surface area contributed by atoms with Crippen LogP contribution in [0.25, 0.3) is 0 Å². The summed E-state index contributed by atoms with van der Waals surface area (Å²) in [6, 6.07) is 6.63. The predicted octanol–water partition coefficient (Wildman–Crippen LogP) is 0.603. The van der Waals surface area contributed by atoms with Gasteiger partial charge in [0.2, 0.25) is 15.9 Å². The van der Waals surface area contributed by atoms with E-state index >= 15 is 0 Å². The Morgan fingerprint density at radius 3 is 2.50 bits per heavy atom. The molecule has 112 valence electrons. The number of hydrogen-bond donors (Lipinski definition) is 3. The van der Waals surface area contributed by atoms with Crippen LogP contribution in [0.2, 0.25) is 0 Å². The van der Waals surface area contributed by atoms with Gasteiger partial charge in [0.25, 0.3) is 0 Å². The molecule has 6 nitrogen and oxygen atoms in total. The topological polar surface area (TPSA) is 101 Å². The van der Waals surface area contributed by atoms with Gasteiger partial charge in [-0.3, -0.25) is 4.79 Å². The van der Waals surface area contributed by atoms with Crippen LogP contribution in [-0.2, 0) is 20.6 Å². The van der Waals surface area contributed by atoms with Crippen LogP contribution in [-0.4, -0.2) is 26.4 Å². The number of anilines is 1. The summed E-state index contributed by atoms with van der Waals surface area (Å²) >= 11 is 0. The van der Waals surface area contributed by atoms with Crippen molar-refractivity contribution in [3.63, 3.8) is 0 Å². The fourth-order valence-electron chi connectivity index (χ4n) is 1.59. The number of rotatable bonds is 5. The molecule has 1 aromatic rings. The zero-order valence-corrected chi connectivity index (χ0v) is 12.8. The number of sulfonamides is 1. The van der Waals surface area contributed by atoms with Crippen LogP contribution in [0.15, 0.2) is 24.3 Å². The first-order valence-electron chi connectivity index (χ1n) is 6.20. The van der Waals surface area contributed by atoms with Crippen LogP contribution in [0.1, 0.15) is 26.3 Å². The molecule has 1 amide bonds. The van der Waals surface area contributed by atoms with Crippen molar-refractivity contribution in [3.8, 4) is 0 Å². The highest BCUT2D eigenvalue weighted by atomic mass is 32.2. The van der Waals surface area contributed by atoms with Crippen molar-refractivity contribution < 1.29 is 13.2 Å². The number of nitrogens with one attached hydrogen (secondary N) is 2. The van der Waals surface area contributed by atoms with Gasteiger partial charge in [-0.15, -0.1) is 0 Å². The lowest BCUT2D eigenvalue weighted by atomic mass is 10.1. The van der Waals surface area contributed by atoms with Gasteiger partial charge in [-0.2, -0.15) is 0 Å². The van der Waals surface area contributed by atoms with E-state index in [-0.39, 0.29) is 18.2 Å². The highest BCUT2D eigenvalue weighted by Crippen LogP contribution is 2.09. The average Bonchev–Trinajstić information content (AvgIpc) is 2.23. The summed E-state index contributed by atoms with van der Waals surface area (Å²) in [5.41, 5.74) is 6.28. The van der Waals surface area contributed by atoms with Gasteiger partial charge < -0.3 is 11.1 Å². The molecule has 0 saturated carbocycles. The largest absolute Gasteiger partial charge is 0.399 e. The van der Waals surface area contributed by atoms with Crippen molar-refractivity contribution in [1.82, 2.24) is 10.0 Å². The van der Waals surface area contributed by atoms with E-state index in [0.29, 0.717) is 11.3 Å². The Bertz CT molecular complexity index is 577. The Labute approximate surface area is 119 Å². The van der Waals surface area contributed by atoms with E-state index in [1.807, 2.05) is 20.8 Å². The standard InChI is InChI=1S/C13H21N3O3S/c1-13(2,3)16-12(17)8-15-20(18,19)9-10-5-4-6-11(14)7-10/h4-7,15H,8-9,14H2,1-3H3,(H,16,17). The molecule has 0 bridgehead atoms. The Kier molecular flexibility index (Phi) is 5.13. The van der Waals surface area contributed by atoms with E-state index in [0.717, 1.165) is 0 Å². The molecule has 0 aliphatic carbocycles. The van der Waals surface area contributed by atoms with E-state index in [1.165, 1.54) is 0 Å². The molecule has 0 heterocycles. The molecule has 0 spiro atoms. The van der Waals surface area contributed by atoms with Crippen molar-refractivity contribution >= 4 is 21.6 Å². The lowest BCUT2D eigenvalue weighted by molar-refractivity contribution is -0.121. The normalized spacial score (nSPS) is 12.2. The van der Waals surface area contributed by atoms with E-state index in [4.69, 9.17) is 5.73 Å². The molecule has 4 N–H and O–H groups in total. The fraction of sp³-hybridized carbons (Fsp3) is 0.462. The van der Waals surface area contributed by atoms with Gasteiger partial charge in [-0.25, -0.2) is 13.1 Å². The van der Waals surface area contributed by atoms with Crippen molar-refractivity contribution in [2.24, 2.45) is 0 Å². The SMILES string of the molecule is CC(C)(C)NC(=O)CNS(=O)(=O)Cc1cccc(N)c1. The molecular formula is C13H21N3O3S. The van der Waals surface area contributed by atoms with E-state index in [2.05, 4.69) is 10.0 Å². The molecule has 0 fully saturated rings. The van der Waals surface area contributed by atoms with Crippen molar-refractivity contribution in [3.05, 3.63) is 29.8 Å². The molecular weight excluding hydrogens is 278 g/mol. The first-order chi connectivity index (χ1) is 9.07. The van der Waals surface area contributed by atoms with Gasteiger partial charge >= 0.3 is 0 Å². The maximum atomic E-state index is 11.8. The average molecular weight is 299 g/mol. The molecule has 1 aromatic carbocycles. The third-order valence-electron chi connectivity index (χ3n) is 2.27. The number of benzene rings is 1. The summed E-state index contributed by atoms with van der Waals surface area (Å²) < 4.78 is 26.0. The third-order valence-corrected chi connectivity index (χ3v) is 3.57. The number of nitrogen functional groups attached to an aromatic ring is 1. The van der Waals surface area contributed by atoms with Crippen LogP contribution >= 0.6 is 0 Å². The molecule has 20 heavy (non-hydrogen) atoms. The van der Waals surface area contributed by atoms with Crippen molar-refractivity contribution in [2.45, 2.75) is 32.1 Å². The second kappa shape index (κ2) is 6.23. The smallest absolute Gasteiger partial charge is 0.235 e. The molecule has 0 aliphatic rings. The minimum absolute atomic E-state index is 0.208. The number of carbonyl (C=O) groups is 1. The van der Waals surface area contributed by atoms with E-state index in [9.17, 15) is 13.2 Å². The lowest BCUT2D eigenvalue weighted by Gasteiger charge is -2.20. The quantitative estimate of drug-likeness (QED) is 0.693. The second-order valence-electron chi connectivity index (χ2n) is 5.62. The Morgan fingerprint density at radius 1 is 1.30 bits per heavy atom. The van der Waals surface area contributed by atoms with Crippen LogP contribution in [0.3, 0.4) is 0 Å². The minimum Gasteiger partial charge on any atom is -0.399 e. The van der Waals surface area contributed by atoms with Gasteiger partial charge in [0.1, 0.15) is 0 Å². The summed E-state index contributed by atoms with van der Waals surface area (Å²) in [6.07, 6.45) is 0. The van der Waals surface area contributed by atoms with Gasteiger partial charge in [0.15, 0.2) is 0 Å². The fourth-order valence-corrected chi connectivity index (χ4v) is 2.66. The first-order valence-corrected chi connectivity index (χ1v) is 7.85. The molecule has 7 heteroatoms. The highest BCUT2D eigenvalue weighted by molar-refractivity contribution is 7.88. The summed E-state index contributed by atoms with van der Waals surface area (Å²) in [7, 11) is -3.57. The van der Waals surface area contributed by atoms with Crippen LogP contribution < -0.4 is 15.8 Å². The number of nitrogens with two attached hydrogens (primary N) is 1. The zero-order chi connectivity index (χ0) is 15.4. The third kappa shape index (κ3) is 6.53. The van der Waals surface area contributed by atoms with Gasteiger partial charge in [0, 0.05) is 11.2 Å². The number of hydrogen-bond acceptors (Lipinski definition) is 4. The summed E-state index contributed by atoms with van der Waals surface area (Å²) in [5, 5.41) is 2.68. The number of amides is 1. The lowest BCUT2D eigenvalue weighted by Crippen LogP contribution is -2.45. The van der Waals surface area contributed by atoms with Gasteiger partial charge in [0.05, 0.1) is 12.3 Å². The maximum Gasteiger partial charge on any atom is 0.235 e. The monoisotopic (exact) mass is 299 g/mol. The zero-order valence-electron chi connectivity index (χ0n) is 11.9. The molecule has 0 unspecified atom stereocenters. The Morgan fingerprint density at radius 2 is 1.95 bits per heavy atom. The molecule has 1 rings (SSSR count). The van der Waals surface area contributed by atoms with E-state index in [1.54, 1.807) is 24.3 Å². The summed E-state index contributed by atoms with van der Waals surface area (Å²) in [4.78, 5) is 11.6. The molecule has 0 radical (unpaired) electrons. The van der Waals surface area contributed by atoms with Gasteiger partial charge in [-0.1, -0.05) is 12.1 Å². The molecule has 0 saturated heterocycles. The predicted molar refractivity (Wildman–Crippen MR) is 79.4 cm³/mol. The minimum atomic E-state index is -3.57. The van der Waals surface area contributed by atoms with Crippen LogP contribution in [0.5, 0.6) is 0 Å². The van der Waals surface area contributed by atoms with Crippen molar-refractivity contribution in [2.75, 3.05) is 12.3 Å². The molecule has 0 atom stereocenters.